The Morgan fingerprint density at radius 2 is 2.00 bits per heavy atom. The van der Waals surface area contributed by atoms with Crippen LogP contribution in [0.3, 0.4) is 0 Å². The normalized spacial score (nSPS) is 18.8. The van der Waals surface area contributed by atoms with Crippen LogP contribution in [0.2, 0.25) is 0 Å². The van der Waals surface area contributed by atoms with Gasteiger partial charge in [-0.2, -0.15) is 0 Å². The van der Waals surface area contributed by atoms with Crippen molar-refractivity contribution in [3.63, 3.8) is 0 Å². The summed E-state index contributed by atoms with van der Waals surface area (Å²) in [6.07, 6.45) is 4.41. The minimum atomic E-state index is -3.15. The number of benzene rings is 1. The Bertz CT molecular complexity index is 676. The maximum absolute atomic E-state index is 13.2. The number of carbonyl (C=O) groups is 2. The monoisotopic (exact) mass is 410 g/mol. The first-order valence-electron chi connectivity index (χ1n) is 9.91. The summed E-state index contributed by atoms with van der Waals surface area (Å²) in [7, 11) is -1.57. The molecule has 1 saturated heterocycles. The van der Waals surface area contributed by atoms with E-state index in [4.69, 9.17) is 9.26 Å². The SMILES string of the molecule is CCOP(=O)(CCCCc1ccccc1)N(C)CC(=O)OC(=O)[C@@H]1CCCN1. The smallest absolute Gasteiger partial charge is 0.330 e. The predicted molar refractivity (Wildman–Crippen MR) is 108 cm³/mol. The van der Waals surface area contributed by atoms with Gasteiger partial charge in [0.15, 0.2) is 0 Å². The van der Waals surface area contributed by atoms with Crippen molar-refractivity contribution in [2.45, 2.75) is 45.1 Å². The van der Waals surface area contributed by atoms with Gasteiger partial charge < -0.3 is 14.6 Å². The molecule has 156 valence electrons. The van der Waals surface area contributed by atoms with Crippen LogP contribution in [0.4, 0.5) is 0 Å². The number of hydrogen-bond donors (Lipinski definition) is 1. The number of unbranched alkanes of at least 4 members (excludes halogenated alkanes) is 1. The highest BCUT2D eigenvalue weighted by Crippen LogP contribution is 2.50. The molecule has 1 aromatic rings. The fourth-order valence-corrected chi connectivity index (χ4v) is 5.24. The number of likely N-dealkylation sites (N-methyl/N-ethyl adjacent to an activating group) is 1. The zero-order valence-corrected chi connectivity index (χ0v) is 17.7. The first kappa shape index (κ1) is 22.8. The number of aryl methyl sites for hydroxylation is 1. The summed E-state index contributed by atoms with van der Waals surface area (Å²) >= 11 is 0. The van der Waals surface area contributed by atoms with Gasteiger partial charge in [-0.05, 0) is 58.2 Å². The molecule has 28 heavy (non-hydrogen) atoms. The van der Waals surface area contributed by atoms with E-state index in [0.717, 1.165) is 32.2 Å². The van der Waals surface area contributed by atoms with Crippen LogP contribution < -0.4 is 5.32 Å². The number of nitrogens with one attached hydrogen (secondary N) is 1. The number of nitrogens with zero attached hydrogens (tertiary/aromatic N) is 1. The molecular weight excluding hydrogens is 379 g/mol. The van der Waals surface area contributed by atoms with Gasteiger partial charge in [0, 0.05) is 6.16 Å². The lowest BCUT2D eigenvalue weighted by atomic mass is 10.1. The summed E-state index contributed by atoms with van der Waals surface area (Å²) in [6, 6.07) is 9.70. The third kappa shape index (κ3) is 7.13. The second-order valence-corrected chi connectivity index (χ2v) is 9.64. The first-order valence-corrected chi connectivity index (χ1v) is 11.7. The van der Waals surface area contributed by atoms with Gasteiger partial charge in [-0.15, -0.1) is 0 Å². The molecule has 1 unspecified atom stereocenters. The fourth-order valence-electron chi connectivity index (χ4n) is 3.22. The van der Waals surface area contributed by atoms with Gasteiger partial charge in [0.2, 0.25) is 0 Å². The van der Waals surface area contributed by atoms with Crippen LogP contribution in [0.5, 0.6) is 0 Å². The largest absolute Gasteiger partial charge is 0.391 e. The molecule has 1 aromatic carbocycles. The van der Waals surface area contributed by atoms with Crippen molar-refractivity contribution in [2.24, 2.45) is 0 Å². The van der Waals surface area contributed by atoms with Gasteiger partial charge in [0.05, 0.1) is 6.61 Å². The zero-order valence-electron chi connectivity index (χ0n) is 16.8. The van der Waals surface area contributed by atoms with E-state index >= 15 is 0 Å². The van der Waals surface area contributed by atoms with E-state index in [2.05, 4.69) is 17.4 Å². The van der Waals surface area contributed by atoms with Crippen molar-refractivity contribution < 1.29 is 23.4 Å². The lowest BCUT2D eigenvalue weighted by molar-refractivity contribution is -0.161. The first-order chi connectivity index (χ1) is 13.4. The van der Waals surface area contributed by atoms with E-state index in [-0.39, 0.29) is 6.54 Å². The Balaban J connectivity index is 1.81. The molecule has 0 spiro atoms. The summed E-state index contributed by atoms with van der Waals surface area (Å²) in [6.45, 7) is 2.57. The van der Waals surface area contributed by atoms with Crippen LogP contribution in [-0.4, -0.2) is 55.6 Å². The Morgan fingerprint density at radius 1 is 1.25 bits per heavy atom. The van der Waals surface area contributed by atoms with E-state index in [1.807, 2.05) is 18.2 Å². The summed E-state index contributed by atoms with van der Waals surface area (Å²) in [5.41, 5.74) is 1.24. The lowest BCUT2D eigenvalue weighted by Gasteiger charge is -2.26. The molecule has 1 fully saturated rings. The van der Waals surface area contributed by atoms with Crippen LogP contribution in [0.1, 0.15) is 38.2 Å². The number of rotatable bonds is 11. The van der Waals surface area contributed by atoms with Crippen LogP contribution in [0.25, 0.3) is 0 Å². The number of ether oxygens (including phenoxy) is 1. The van der Waals surface area contributed by atoms with Gasteiger partial charge in [-0.1, -0.05) is 30.3 Å². The summed E-state index contributed by atoms with van der Waals surface area (Å²) in [5.74, 6) is -1.27. The molecule has 1 N–H and O–H groups in total. The average Bonchev–Trinajstić information content (AvgIpc) is 3.21. The summed E-state index contributed by atoms with van der Waals surface area (Å²) in [5, 5.41) is 2.99. The van der Waals surface area contributed by atoms with Crippen molar-refractivity contribution in [3.8, 4) is 0 Å². The van der Waals surface area contributed by atoms with Gasteiger partial charge in [0.25, 0.3) is 7.52 Å². The molecule has 0 aromatic heterocycles. The molecule has 0 bridgehead atoms. The standard InChI is InChI=1S/C20H31N2O5P/c1-3-26-28(25,15-8-7-12-17-10-5-4-6-11-17)22(2)16-19(23)27-20(24)18-13-9-14-21-18/h4-6,10-11,18,21H,3,7-9,12-16H2,1-2H3/t18-,28?/m0/s1. The molecule has 1 aliphatic rings. The minimum absolute atomic E-state index is 0.242. The van der Waals surface area contributed by atoms with E-state index in [1.165, 1.54) is 10.2 Å². The van der Waals surface area contributed by atoms with E-state index in [9.17, 15) is 14.2 Å². The number of esters is 2. The third-order valence-corrected chi connectivity index (χ3v) is 7.49. The minimum Gasteiger partial charge on any atom is -0.391 e. The number of carbonyl (C=O) groups excluding carboxylic acids is 2. The van der Waals surface area contributed by atoms with Crippen LogP contribution in [0.15, 0.2) is 30.3 Å². The number of hydrogen-bond acceptors (Lipinski definition) is 6. The van der Waals surface area contributed by atoms with Crippen LogP contribution >= 0.6 is 7.52 Å². The third-order valence-electron chi connectivity index (χ3n) is 4.77. The molecule has 1 heterocycles. The second-order valence-electron chi connectivity index (χ2n) is 6.98. The van der Waals surface area contributed by atoms with Crippen molar-refractivity contribution in [3.05, 3.63) is 35.9 Å². The van der Waals surface area contributed by atoms with E-state index < -0.39 is 25.5 Å². The topological polar surface area (TPSA) is 84.9 Å². The maximum Gasteiger partial charge on any atom is 0.330 e. The summed E-state index contributed by atoms with van der Waals surface area (Å²) < 4.78 is 25.0. The highest BCUT2D eigenvalue weighted by Gasteiger charge is 2.32. The predicted octanol–water partition coefficient (Wildman–Crippen LogP) is 2.99. The average molecular weight is 410 g/mol. The van der Waals surface area contributed by atoms with Crippen LogP contribution in [0, 0.1) is 0 Å². The van der Waals surface area contributed by atoms with Gasteiger partial charge in [-0.25, -0.2) is 9.46 Å². The molecule has 0 aliphatic carbocycles. The van der Waals surface area contributed by atoms with Crippen molar-refractivity contribution in [2.75, 3.05) is 32.9 Å². The van der Waals surface area contributed by atoms with Crippen molar-refractivity contribution >= 4 is 19.5 Å². The quantitative estimate of drug-likeness (QED) is 0.260. The molecule has 1 aliphatic heterocycles. The zero-order chi connectivity index (χ0) is 20.4. The van der Waals surface area contributed by atoms with Gasteiger partial charge in [0.1, 0.15) is 12.6 Å². The lowest BCUT2D eigenvalue weighted by Crippen LogP contribution is -2.36. The maximum atomic E-state index is 13.2. The van der Waals surface area contributed by atoms with Gasteiger partial charge >= 0.3 is 11.9 Å². The Labute approximate surface area is 167 Å². The highest BCUT2D eigenvalue weighted by molar-refractivity contribution is 7.56. The highest BCUT2D eigenvalue weighted by atomic mass is 31.2. The van der Waals surface area contributed by atoms with Gasteiger partial charge in [-0.3, -0.25) is 9.36 Å². The molecule has 8 heteroatoms. The Hall–Kier alpha value is -1.53. The Morgan fingerprint density at radius 3 is 2.64 bits per heavy atom. The molecular formula is C20H31N2O5P. The molecule has 0 saturated carbocycles. The van der Waals surface area contributed by atoms with Crippen molar-refractivity contribution in [1.29, 1.82) is 0 Å². The molecule has 7 nitrogen and oxygen atoms in total. The van der Waals surface area contributed by atoms with Crippen molar-refractivity contribution in [1.82, 2.24) is 9.99 Å². The van der Waals surface area contributed by atoms with E-state index in [1.54, 1.807) is 14.0 Å². The summed E-state index contributed by atoms with van der Waals surface area (Å²) in [4.78, 5) is 24.0. The molecule has 0 radical (unpaired) electrons. The molecule has 0 amide bonds. The molecule has 2 rings (SSSR count). The van der Waals surface area contributed by atoms with Crippen LogP contribution in [-0.2, 0) is 29.8 Å². The fraction of sp³-hybridized carbons (Fsp3) is 0.600. The molecule has 2 atom stereocenters. The Kier molecular flexibility index (Phi) is 9.32. The second kappa shape index (κ2) is 11.5. The van der Waals surface area contributed by atoms with E-state index in [0.29, 0.717) is 19.2 Å².